The Morgan fingerprint density at radius 3 is 2.21 bits per heavy atom. The van der Waals surface area contributed by atoms with Gasteiger partial charge in [-0.15, -0.1) is 0 Å². The molecule has 4 heteroatoms. The van der Waals surface area contributed by atoms with E-state index in [0.717, 1.165) is 19.3 Å². The summed E-state index contributed by atoms with van der Waals surface area (Å²) in [6.45, 7) is 5.73. The van der Waals surface area contributed by atoms with Crippen molar-refractivity contribution in [3.8, 4) is 0 Å². The maximum Gasteiger partial charge on any atom is 0.301 e. The van der Waals surface area contributed by atoms with E-state index < -0.39 is 12.9 Å². The van der Waals surface area contributed by atoms with Crippen LogP contribution < -0.4 is 5.30 Å². The first kappa shape index (κ1) is 18.6. The molecule has 2 aromatic carbocycles. The molecule has 3 nitrogen and oxygen atoms in total. The molecule has 0 aliphatic heterocycles. The minimum atomic E-state index is -3.62. The lowest BCUT2D eigenvalue weighted by Gasteiger charge is -2.20. The van der Waals surface area contributed by atoms with Crippen LogP contribution in [0.5, 0.6) is 0 Å². The quantitative estimate of drug-likeness (QED) is 0.618. The van der Waals surface area contributed by atoms with Crippen LogP contribution in [0.25, 0.3) is 0 Å². The number of rotatable bonds is 8. The topological polar surface area (TPSA) is 43.4 Å². The molecule has 0 bridgehead atoms. The monoisotopic (exact) mass is 344 g/mol. The Balaban J connectivity index is 2.33. The van der Waals surface area contributed by atoms with Crippen molar-refractivity contribution < 1.29 is 13.9 Å². The van der Waals surface area contributed by atoms with Gasteiger partial charge in [-0.2, -0.15) is 0 Å². The van der Waals surface area contributed by atoms with E-state index in [4.69, 9.17) is 4.52 Å². The minimum Gasteiger partial charge on any atom is -0.317 e. The Bertz CT molecular complexity index is 705. The molecule has 2 rings (SSSR count). The van der Waals surface area contributed by atoms with Crippen molar-refractivity contribution in [1.82, 2.24) is 0 Å². The summed E-state index contributed by atoms with van der Waals surface area (Å²) in [6.07, 6.45) is 2.94. The molecular weight excluding hydrogens is 319 g/mol. The molecule has 0 N–H and O–H groups in total. The van der Waals surface area contributed by atoms with E-state index >= 15 is 0 Å². The fourth-order valence-corrected chi connectivity index (χ4v) is 4.61. The minimum absolute atomic E-state index is 0.302. The van der Waals surface area contributed by atoms with E-state index in [1.807, 2.05) is 18.2 Å². The van der Waals surface area contributed by atoms with Crippen molar-refractivity contribution in [2.75, 3.05) is 0 Å². The Kier molecular flexibility index (Phi) is 6.53. The van der Waals surface area contributed by atoms with Crippen LogP contribution in [0, 0.1) is 0 Å². The normalized spacial score (nSPS) is 13.7. The van der Waals surface area contributed by atoms with Crippen molar-refractivity contribution in [2.24, 2.45) is 0 Å². The lowest BCUT2D eigenvalue weighted by atomic mass is 10.1. The number of hydrogen-bond donors (Lipinski definition) is 0. The molecule has 0 radical (unpaired) electrons. The molecule has 0 heterocycles. The van der Waals surface area contributed by atoms with Gasteiger partial charge in [0.25, 0.3) is 5.52 Å². The molecule has 0 aromatic heterocycles. The molecule has 0 fully saturated rings. The van der Waals surface area contributed by atoms with E-state index in [1.54, 1.807) is 50.2 Å². The maximum absolute atomic E-state index is 13.4. The molecule has 0 aliphatic rings. The number of benzene rings is 2. The molecule has 24 heavy (non-hydrogen) atoms. The van der Waals surface area contributed by atoms with E-state index in [2.05, 4.69) is 6.92 Å². The summed E-state index contributed by atoms with van der Waals surface area (Å²) in [6, 6.07) is 16.1. The van der Waals surface area contributed by atoms with E-state index in [0.29, 0.717) is 10.9 Å². The van der Waals surface area contributed by atoms with Gasteiger partial charge >= 0.3 is 7.37 Å². The van der Waals surface area contributed by atoms with Crippen LogP contribution >= 0.6 is 7.37 Å². The summed E-state index contributed by atoms with van der Waals surface area (Å²) < 4.78 is 19.1. The highest BCUT2D eigenvalue weighted by atomic mass is 31.2. The van der Waals surface area contributed by atoms with Gasteiger partial charge in [-0.3, -0.25) is 9.36 Å². The lowest BCUT2D eigenvalue weighted by molar-refractivity contribution is 0.104. The zero-order chi connectivity index (χ0) is 17.6. The molecule has 0 saturated carbocycles. The van der Waals surface area contributed by atoms with Crippen LogP contribution in [-0.2, 0) is 15.5 Å². The summed E-state index contributed by atoms with van der Waals surface area (Å²) in [5.41, 5.74) is 1.18. The summed E-state index contributed by atoms with van der Waals surface area (Å²) in [7, 11) is -3.62. The first-order valence-corrected chi connectivity index (χ1v) is 10.1. The molecule has 1 unspecified atom stereocenters. The van der Waals surface area contributed by atoms with Crippen LogP contribution in [0.1, 0.15) is 49.5 Å². The van der Waals surface area contributed by atoms with Gasteiger partial charge in [0.15, 0.2) is 0 Å². The number of hydrogen-bond acceptors (Lipinski definition) is 3. The van der Waals surface area contributed by atoms with Crippen LogP contribution in [0.3, 0.4) is 0 Å². The molecule has 0 spiro atoms. The SMILES string of the molecule is CCCCc1ccc(C(=O)P(=O)(OC(C)C)c2ccccc2)cc1. The van der Waals surface area contributed by atoms with Crippen molar-refractivity contribution >= 4 is 18.2 Å². The second-order valence-electron chi connectivity index (χ2n) is 6.15. The average molecular weight is 344 g/mol. The van der Waals surface area contributed by atoms with Gasteiger partial charge < -0.3 is 4.52 Å². The average Bonchev–Trinajstić information content (AvgIpc) is 2.60. The fraction of sp³-hybridized carbons (Fsp3) is 0.350. The second kappa shape index (κ2) is 8.41. The number of carbonyl (C=O) groups excluding carboxylic acids is 1. The van der Waals surface area contributed by atoms with Gasteiger partial charge in [-0.1, -0.05) is 55.8 Å². The van der Waals surface area contributed by atoms with Gasteiger partial charge in [0.1, 0.15) is 0 Å². The second-order valence-corrected chi connectivity index (χ2v) is 8.38. The van der Waals surface area contributed by atoms with E-state index in [1.165, 1.54) is 5.56 Å². The third kappa shape index (κ3) is 4.43. The fourth-order valence-electron chi connectivity index (χ4n) is 2.51. The molecule has 0 amide bonds. The van der Waals surface area contributed by atoms with Crippen molar-refractivity contribution in [1.29, 1.82) is 0 Å². The zero-order valence-corrected chi connectivity index (χ0v) is 15.5. The molecular formula is C20H25O3P. The predicted molar refractivity (Wildman–Crippen MR) is 99.3 cm³/mol. The maximum atomic E-state index is 13.4. The highest BCUT2D eigenvalue weighted by Crippen LogP contribution is 2.50. The molecule has 128 valence electrons. The predicted octanol–water partition coefficient (Wildman–Crippen LogP) is 5.20. The Morgan fingerprint density at radius 2 is 1.67 bits per heavy atom. The standard InChI is InChI=1S/C20H25O3P/c1-4-5-9-17-12-14-18(15-13-17)20(21)24(22,23-16(2)3)19-10-7-6-8-11-19/h6-8,10-16H,4-5,9H2,1-3H3. The third-order valence-electron chi connectivity index (χ3n) is 3.74. The van der Waals surface area contributed by atoms with Crippen molar-refractivity contribution in [3.05, 3.63) is 65.7 Å². The van der Waals surface area contributed by atoms with E-state index in [-0.39, 0.29) is 6.10 Å². The number of aryl methyl sites for hydroxylation is 1. The van der Waals surface area contributed by atoms with Crippen LogP contribution in [-0.4, -0.2) is 11.6 Å². The highest BCUT2D eigenvalue weighted by Gasteiger charge is 2.36. The first-order valence-electron chi connectivity index (χ1n) is 8.45. The van der Waals surface area contributed by atoms with Gasteiger partial charge in [-0.25, -0.2) is 0 Å². The molecule has 2 aromatic rings. The van der Waals surface area contributed by atoms with Gasteiger partial charge in [0.05, 0.1) is 6.10 Å². The summed E-state index contributed by atoms with van der Waals surface area (Å²) >= 11 is 0. The summed E-state index contributed by atoms with van der Waals surface area (Å²) in [4.78, 5) is 12.9. The van der Waals surface area contributed by atoms with Crippen LogP contribution in [0.4, 0.5) is 0 Å². The number of carbonyl (C=O) groups is 1. The summed E-state index contributed by atoms with van der Waals surface area (Å²) in [5.74, 6) is 0. The molecule has 1 atom stereocenters. The van der Waals surface area contributed by atoms with E-state index in [9.17, 15) is 9.36 Å². The van der Waals surface area contributed by atoms with Crippen LogP contribution in [0.15, 0.2) is 54.6 Å². The largest absolute Gasteiger partial charge is 0.317 e. The van der Waals surface area contributed by atoms with Gasteiger partial charge in [0.2, 0.25) is 0 Å². The van der Waals surface area contributed by atoms with Crippen LogP contribution in [0.2, 0.25) is 0 Å². The first-order chi connectivity index (χ1) is 11.5. The Labute approximate surface area is 144 Å². The molecule has 0 saturated heterocycles. The zero-order valence-electron chi connectivity index (χ0n) is 14.6. The number of unbranched alkanes of at least 4 members (excludes halogenated alkanes) is 1. The smallest absolute Gasteiger partial charge is 0.301 e. The lowest BCUT2D eigenvalue weighted by Crippen LogP contribution is -2.18. The van der Waals surface area contributed by atoms with Gasteiger partial charge in [0, 0.05) is 10.9 Å². The van der Waals surface area contributed by atoms with Gasteiger partial charge in [-0.05, 0) is 44.4 Å². The summed E-state index contributed by atoms with van der Waals surface area (Å²) in [5, 5.41) is 0.443. The Hall–Kier alpha value is -1.70. The van der Waals surface area contributed by atoms with Crippen molar-refractivity contribution in [3.63, 3.8) is 0 Å². The Morgan fingerprint density at radius 1 is 1.04 bits per heavy atom. The van der Waals surface area contributed by atoms with Crippen molar-refractivity contribution in [2.45, 2.75) is 46.1 Å². The molecule has 0 aliphatic carbocycles. The third-order valence-corrected chi connectivity index (χ3v) is 6.23. The highest BCUT2D eigenvalue weighted by molar-refractivity contribution is 7.83.